The Bertz CT molecular complexity index is 1160. The highest BCUT2D eigenvalue weighted by molar-refractivity contribution is 5.73. The highest BCUT2D eigenvalue weighted by Gasteiger charge is 2.43. The van der Waals surface area contributed by atoms with Crippen molar-refractivity contribution in [1.82, 2.24) is 25.5 Å². The first-order valence-corrected chi connectivity index (χ1v) is 10.8. The number of pyridine rings is 1. The van der Waals surface area contributed by atoms with Crippen LogP contribution >= 0.6 is 0 Å². The van der Waals surface area contributed by atoms with Gasteiger partial charge in [0.25, 0.3) is 0 Å². The summed E-state index contributed by atoms with van der Waals surface area (Å²) >= 11 is 0. The van der Waals surface area contributed by atoms with Gasteiger partial charge in [0.2, 0.25) is 5.88 Å². The zero-order chi connectivity index (χ0) is 23.1. The monoisotopic (exact) mass is 454 g/mol. The Morgan fingerprint density at radius 2 is 1.97 bits per heavy atom. The minimum atomic E-state index is -0.987. The fraction of sp³-hybridized carbons (Fsp3) is 0.391. The lowest BCUT2D eigenvalue weighted by Gasteiger charge is -2.38. The summed E-state index contributed by atoms with van der Waals surface area (Å²) in [6, 6.07) is 6.05. The highest BCUT2D eigenvalue weighted by Crippen LogP contribution is 2.35. The number of phenolic OH excluding ortho intramolecular Hbond substituents is 1. The fourth-order valence-electron chi connectivity index (χ4n) is 4.71. The van der Waals surface area contributed by atoms with Crippen LogP contribution in [0.25, 0.3) is 22.5 Å². The van der Waals surface area contributed by atoms with E-state index in [1.54, 1.807) is 24.1 Å². The van der Waals surface area contributed by atoms with E-state index in [1.165, 1.54) is 25.4 Å². The lowest BCUT2D eigenvalue weighted by atomic mass is 9.96. The smallest absolute Gasteiger partial charge is 0.213 e. The second kappa shape index (κ2) is 8.51. The molecule has 172 valence electrons. The van der Waals surface area contributed by atoms with Crippen LogP contribution in [0.5, 0.6) is 11.6 Å². The number of phenols is 1. The lowest BCUT2D eigenvalue weighted by Crippen LogP contribution is -2.55. The number of hydrogen-bond acceptors (Lipinski definition) is 8. The lowest BCUT2D eigenvalue weighted by molar-refractivity contribution is 0.176. The number of anilines is 1. The third kappa shape index (κ3) is 3.95. The summed E-state index contributed by atoms with van der Waals surface area (Å²) in [5, 5.41) is 22.3. The van der Waals surface area contributed by atoms with Crippen LogP contribution in [0.4, 0.5) is 14.6 Å². The van der Waals surface area contributed by atoms with Gasteiger partial charge in [-0.15, -0.1) is 10.2 Å². The number of piperidine rings is 1. The minimum absolute atomic E-state index is 0.114. The van der Waals surface area contributed by atoms with E-state index >= 15 is 0 Å². The zero-order valence-corrected chi connectivity index (χ0v) is 18.2. The summed E-state index contributed by atoms with van der Waals surface area (Å²) < 4.78 is 34.2. The topological polar surface area (TPSA) is 96.3 Å². The zero-order valence-electron chi connectivity index (χ0n) is 18.2. The molecule has 4 heterocycles. The number of alkyl halides is 1. The Balaban J connectivity index is 1.37. The molecule has 2 N–H and O–H groups in total. The van der Waals surface area contributed by atoms with Crippen molar-refractivity contribution in [3.8, 4) is 34.1 Å². The summed E-state index contributed by atoms with van der Waals surface area (Å²) in [5.41, 5.74) is 1.05. The highest BCUT2D eigenvalue weighted by atomic mass is 19.1. The second-order valence-corrected chi connectivity index (χ2v) is 8.48. The van der Waals surface area contributed by atoms with Crippen LogP contribution in [-0.4, -0.2) is 63.7 Å². The molecule has 0 saturated carbocycles. The van der Waals surface area contributed by atoms with E-state index in [4.69, 9.17) is 4.74 Å². The Hall–Kier alpha value is -3.40. The first-order valence-electron chi connectivity index (χ1n) is 10.8. The number of aromatic hydroxyl groups is 1. The molecule has 2 aliphatic heterocycles. The van der Waals surface area contributed by atoms with E-state index in [9.17, 15) is 13.9 Å². The molecule has 0 unspecified atom stereocenters. The maximum absolute atomic E-state index is 14.9. The van der Waals surface area contributed by atoms with E-state index in [2.05, 4.69) is 25.5 Å². The van der Waals surface area contributed by atoms with Gasteiger partial charge in [0.1, 0.15) is 17.7 Å². The van der Waals surface area contributed by atoms with Crippen LogP contribution in [0.3, 0.4) is 0 Å². The van der Waals surface area contributed by atoms with Crippen molar-refractivity contribution >= 4 is 5.82 Å². The van der Waals surface area contributed by atoms with Gasteiger partial charge in [-0.1, -0.05) is 6.07 Å². The van der Waals surface area contributed by atoms with Gasteiger partial charge in [-0.05, 0) is 37.0 Å². The normalized spacial score (nSPS) is 24.0. The number of aromatic nitrogens is 4. The molecule has 1 aromatic carbocycles. The average Bonchev–Trinajstić information content (AvgIpc) is 3.25. The quantitative estimate of drug-likeness (QED) is 0.607. The van der Waals surface area contributed by atoms with Crippen molar-refractivity contribution in [2.45, 2.75) is 43.6 Å². The molecule has 10 heteroatoms. The third-order valence-corrected chi connectivity index (χ3v) is 6.55. The first-order chi connectivity index (χ1) is 15.9. The summed E-state index contributed by atoms with van der Waals surface area (Å²) in [6.07, 6.45) is 4.15. The van der Waals surface area contributed by atoms with Gasteiger partial charge in [-0.2, -0.15) is 0 Å². The first kappa shape index (κ1) is 21.4. The second-order valence-electron chi connectivity index (χ2n) is 8.48. The van der Waals surface area contributed by atoms with E-state index in [0.717, 1.165) is 19.0 Å². The van der Waals surface area contributed by atoms with Gasteiger partial charge in [0.05, 0.1) is 31.1 Å². The summed E-state index contributed by atoms with van der Waals surface area (Å²) in [7, 11) is 3.25. The van der Waals surface area contributed by atoms with E-state index < -0.39 is 12.0 Å². The molecule has 0 amide bonds. The number of methoxy groups -OCH3 is 1. The van der Waals surface area contributed by atoms with Crippen molar-refractivity contribution in [2.24, 2.45) is 0 Å². The van der Waals surface area contributed by atoms with E-state index in [-0.39, 0.29) is 35.1 Å². The molecule has 5 rings (SSSR count). The Labute approximate surface area is 189 Å². The minimum Gasteiger partial charge on any atom is -0.507 e. The van der Waals surface area contributed by atoms with Crippen molar-refractivity contribution in [1.29, 1.82) is 0 Å². The fourth-order valence-corrected chi connectivity index (χ4v) is 4.71. The van der Waals surface area contributed by atoms with Crippen LogP contribution in [0, 0.1) is 5.82 Å². The van der Waals surface area contributed by atoms with Crippen molar-refractivity contribution in [3.05, 3.63) is 42.5 Å². The molecule has 0 spiro atoms. The molecule has 4 atom stereocenters. The molecule has 0 radical (unpaired) electrons. The third-order valence-electron chi connectivity index (χ3n) is 6.55. The molecule has 2 aliphatic rings. The summed E-state index contributed by atoms with van der Waals surface area (Å²) in [6.45, 7) is 0. The molecule has 2 fully saturated rings. The van der Waals surface area contributed by atoms with Crippen molar-refractivity contribution in [3.63, 3.8) is 0 Å². The van der Waals surface area contributed by atoms with Gasteiger partial charge in [-0.25, -0.2) is 18.7 Å². The Morgan fingerprint density at radius 3 is 2.70 bits per heavy atom. The van der Waals surface area contributed by atoms with Crippen molar-refractivity contribution in [2.75, 3.05) is 19.1 Å². The molecular formula is C23H24F2N6O2. The summed E-state index contributed by atoms with van der Waals surface area (Å²) in [4.78, 5) is 9.95. The van der Waals surface area contributed by atoms with E-state index in [1.807, 2.05) is 0 Å². The van der Waals surface area contributed by atoms with E-state index in [0.29, 0.717) is 29.4 Å². The Kier molecular flexibility index (Phi) is 5.53. The summed E-state index contributed by atoms with van der Waals surface area (Å²) in [5.74, 6) is 0.288. The maximum Gasteiger partial charge on any atom is 0.213 e. The van der Waals surface area contributed by atoms with Crippen LogP contribution in [0.15, 0.2) is 36.7 Å². The predicted octanol–water partition coefficient (Wildman–Crippen LogP) is 3.12. The Morgan fingerprint density at radius 1 is 1.12 bits per heavy atom. The standard InChI is InChI=1S/C23H24F2N6O2/c1-31(18-8-13-4-6-17(28-13)22(18)25)20-11-27-23(30-29-20)14-5-3-12(7-19(14)32)15-9-21(33-2)26-10-16(15)24/h3,5,7,9-11,13,17-18,22,28,32H,4,6,8H2,1-2H3/t13-,17+,18+,22-/m1/s1. The number of halogens is 2. The van der Waals surface area contributed by atoms with Gasteiger partial charge in [0.15, 0.2) is 11.6 Å². The number of hydrogen-bond donors (Lipinski definition) is 2. The molecule has 3 aromatic rings. The van der Waals surface area contributed by atoms with Gasteiger partial charge >= 0.3 is 0 Å². The average molecular weight is 454 g/mol. The predicted molar refractivity (Wildman–Crippen MR) is 118 cm³/mol. The van der Waals surface area contributed by atoms with Crippen LogP contribution in [0.1, 0.15) is 19.3 Å². The SMILES string of the molecule is COc1cc(-c2ccc(-c3ncc(N(C)[C@H]4C[C@H]5CC[C@H](N5)[C@H]4F)nn3)c(O)c2)c(F)cn1. The number of fused-ring (bicyclic) bond motifs is 2. The number of rotatable bonds is 5. The molecule has 2 saturated heterocycles. The molecule has 2 aromatic heterocycles. The van der Waals surface area contributed by atoms with Gasteiger partial charge < -0.3 is 20.1 Å². The van der Waals surface area contributed by atoms with Gasteiger partial charge in [0, 0.05) is 30.8 Å². The van der Waals surface area contributed by atoms with Crippen LogP contribution in [-0.2, 0) is 0 Å². The van der Waals surface area contributed by atoms with Crippen molar-refractivity contribution < 1.29 is 18.6 Å². The van der Waals surface area contributed by atoms with Gasteiger partial charge in [-0.3, -0.25) is 0 Å². The number of ether oxygens (including phenoxy) is 1. The molecule has 8 nitrogen and oxygen atoms in total. The maximum atomic E-state index is 14.9. The number of nitrogens with one attached hydrogen (secondary N) is 1. The van der Waals surface area contributed by atoms with Crippen LogP contribution < -0.4 is 15.0 Å². The number of nitrogens with zero attached hydrogens (tertiary/aromatic N) is 5. The van der Waals surface area contributed by atoms with Crippen LogP contribution in [0.2, 0.25) is 0 Å². The molecule has 2 bridgehead atoms. The molecule has 0 aliphatic carbocycles. The number of benzene rings is 1. The largest absolute Gasteiger partial charge is 0.507 e. The molecule has 33 heavy (non-hydrogen) atoms. The molecular weight excluding hydrogens is 430 g/mol.